The average Bonchev–Trinajstić information content (AvgIpc) is 3.01. The first kappa shape index (κ1) is 21.4. The highest BCUT2D eigenvalue weighted by Gasteiger charge is 2.29. The standard InChI is InChI=1S/C18H29N3O5S/c1-13(2)9-14(18(23)24)11-19-17(22)16-10-15(12-20(16)3)27(25,26)21-7-5-4-6-8-21/h10,12-14H,4-9,11H2,1-3H3,(H,19,22)(H,23,24). The largest absolute Gasteiger partial charge is 0.481 e. The Bertz CT molecular complexity index is 779. The van der Waals surface area contributed by atoms with Crippen LogP contribution in [-0.4, -0.2) is 53.9 Å². The molecule has 0 saturated carbocycles. The molecule has 0 radical (unpaired) electrons. The number of sulfonamides is 1. The fraction of sp³-hybridized carbons (Fsp3) is 0.667. The van der Waals surface area contributed by atoms with E-state index in [1.165, 1.54) is 21.1 Å². The molecule has 0 spiro atoms. The van der Waals surface area contributed by atoms with Crippen molar-refractivity contribution in [1.29, 1.82) is 0 Å². The zero-order chi connectivity index (χ0) is 20.2. The van der Waals surface area contributed by atoms with E-state index in [-0.39, 0.29) is 23.1 Å². The Labute approximate surface area is 160 Å². The summed E-state index contributed by atoms with van der Waals surface area (Å²) < 4.78 is 28.4. The zero-order valence-corrected chi connectivity index (χ0v) is 17.0. The maximum atomic E-state index is 12.8. The van der Waals surface area contributed by atoms with Crippen LogP contribution >= 0.6 is 0 Å². The monoisotopic (exact) mass is 399 g/mol. The number of nitrogens with zero attached hydrogens (tertiary/aromatic N) is 2. The van der Waals surface area contributed by atoms with E-state index in [0.717, 1.165) is 19.3 Å². The van der Waals surface area contributed by atoms with Gasteiger partial charge in [-0.2, -0.15) is 4.31 Å². The molecule has 1 aromatic rings. The maximum Gasteiger partial charge on any atom is 0.308 e. The Hall–Kier alpha value is -1.87. The van der Waals surface area contributed by atoms with Crippen molar-refractivity contribution < 1.29 is 23.1 Å². The molecule has 1 atom stereocenters. The number of aliphatic carboxylic acids is 1. The van der Waals surface area contributed by atoms with Gasteiger partial charge in [-0.15, -0.1) is 0 Å². The highest BCUT2D eigenvalue weighted by atomic mass is 32.2. The number of piperidine rings is 1. The lowest BCUT2D eigenvalue weighted by atomic mass is 9.97. The van der Waals surface area contributed by atoms with Crippen molar-refractivity contribution in [3.05, 3.63) is 18.0 Å². The molecule has 0 aliphatic carbocycles. The highest BCUT2D eigenvalue weighted by Crippen LogP contribution is 2.22. The molecule has 0 aromatic carbocycles. The van der Waals surface area contributed by atoms with Crippen LogP contribution in [0, 0.1) is 11.8 Å². The van der Waals surface area contributed by atoms with E-state index >= 15 is 0 Å². The van der Waals surface area contributed by atoms with E-state index in [4.69, 9.17) is 0 Å². The molecular formula is C18H29N3O5S. The molecule has 1 aromatic heterocycles. The van der Waals surface area contributed by atoms with Crippen LogP contribution in [0.4, 0.5) is 0 Å². The normalized spacial score (nSPS) is 17.0. The summed E-state index contributed by atoms with van der Waals surface area (Å²) >= 11 is 0. The summed E-state index contributed by atoms with van der Waals surface area (Å²) in [6.45, 7) is 4.84. The summed E-state index contributed by atoms with van der Waals surface area (Å²) in [7, 11) is -2.02. The molecule has 0 bridgehead atoms. The molecule has 2 rings (SSSR count). The first-order valence-corrected chi connectivity index (χ1v) is 10.7. The number of nitrogens with one attached hydrogen (secondary N) is 1. The summed E-state index contributed by atoms with van der Waals surface area (Å²) in [6, 6.07) is 1.36. The van der Waals surface area contributed by atoms with Crippen molar-refractivity contribution in [1.82, 2.24) is 14.2 Å². The molecule has 8 nitrogen and oxygen atoms in total. The number of carboxylic acid groups (broad SMARTS) is 1. The minimum Gasteiger partial charge on any atom is -0.481 e. The Balaban J connectivity index is 2.10. The van der Waals surface area contributed by atoms with Gasteiger partial charge in [0.15, 0.2) is 0 Å². The molecule has 1 aliphatic heterocycles. The second-order valence-corrected chi connectivity index (χ2v) is 9.45. The van der Waals surface area contributed by atoms with Crippen molar-refractivity contribution in [2.45, 2.75) is 44.4 Å². The Morgan fingerprint density at radius 2 is 1.85 bits per heavy atom. The molecule has 2 N–H and O–H groups in total. The smallest absolute Gasteiger partial charge is 0.308 e. The number of amides is 1. The minimum atomic E-state index is -3.62. The lowest BCUT2D eigenvalue weighted by molar-refractivity contribution is -0.142. The first-order chi connectivity index (χ1) is 12.6. The van der Waals surface area contributed by atoms with E-state index < -0.39 is 27.8 Å². The van der Waals surface area contributed by atoms with Gasteiger partial charge in [-0.3, -0.25) is 9.59 Å². The van der Waals surface area contributed by atoms with Crippen LogP contribution in [-0.2, 0) is 21.9 Å². The van der Waals surface area contributed by atoms with Crippen molar-refractivity contribution in [2.24, 2.45) is 18.9 Å². The third-order valence-electron chi connectivity index (χ3n) is 4.78. The number of rotatable bonds is 8. The van der Waals surface area contributed by atoms with Crippen molar-refractivity contribution >= 4 is 21.9 Å². The number of aromatic nitrogens is 1. The van der Waals surface area contributed by atoms with E-state index in [1.54, 1.807) is 7.05 Å². The highest BCUT2D eigenvalue weighted by molar-refractivity contribution is 7.89. The van der Waals surface area contributed by atoms with Crippen molar-refractivity contribution in [3.63, 3.8) is 0 Å². The molecular weight excluding hydrogens is 370 g/mol. The topological polar surface area (TPSA) is 109 Å². The molecule has 2 heterocycles. The second-order valence-electron chi connectivity index (χ2n) is 7.51. The second kappa shape index (κ2) is 8.88. The van der Waals surface area contributed by atoms with Gasteiger partial charge in [0.25, 0.3) is 5.91 Å². The first-order valence-electron chi connectivity index (χ1n) is 9.30. The Morgan fingerprint density at radius 1 is 1.22 bits per heavy atom. The minimum absolute atomic E-state index is 0.00569. The molecule has 27 heavy (non-hydrogen) atoms. The van der Waals surface area contributed by atoms with Gasteiger partial charge in [0.1, 0.15) is 10.6 Å². The predicted octanol–water partition coefficient (Wildman–Crippen LogP) is 1.68. The lowest BCUT2D eigenvalue weighted by Gasteiger charge is -2.25. The van der Waals surface area contributed by atoms with Crippen molar-refractivity contribution in [3.8, 4) is 0 Å². The van der Waals surface area contributed by atoms with Crippen LogP contribution in [0.5, 0.6) is 0 Å². The summed E-state index contributed by atoms with van der Waals surface area (Å²) in [5.74, 6) is -1.91. The summed E-state index contributed by atoms with van der Waals surface area (Å²) in [6.07, 6.45) is 4.59. The molecule has 1 aliphatic rings. The molecule has 1 saturated heterocycles. The summed E-state index contributed by atoms with van der Waals surface area (Å²) in [5, 5.41) is 11.9. The molecule has 1 amide bonds. The summed E-state index contributed by atoms with van der Waals surface area (Å²) in [5.41, 5.74) is 0.194. The zero-order valence-electron chi connectivity index (χ0n) is 16.1. The van der Waals surface area contributed by atoms with Gasteiger partial charge in [0.05, 0.1) is 5.92 Å². The number of carbonyl (C=O) groups is 2. The lowest BCUT2D eigenvalue weighted by Crippen LogP contribution is -2.35. The van der Waals surface area contributed by atoms with Gasteiger partial charge in [-0.25, -0.2) is 8.42 Å². The molecule has 9 heteroatoms. The van der Waals surface area contributed by atoms with E-state index in [9.17, 15) is 23.1 Å². The van der Waals surface area contributed by atoms with Gasteiger partial charge >= 0.3 is 5.97 Å². The van der Waals surface area contributed by atoms with Crippen LogP contribution in [0.1, 0.15) is 50.0 Å². The van der Waals surface area contributed by atoms with Gasteiger partial charge in [-0.05, 0) is 31.2 Å². The third-order valence-corrected chi connectivity index (χ3v) is 6.64. The van der Waals surface area contributed by atoms with E-state index in [0.29, 0.717) is 19.5 Å². The molecule has 152 valence electrons. The summed E-state index contributed by atoms with van der Waals surface area (Å²) in [4.78, 5) is 23.9. The number of hydrogen-bond donors (Lipinski definition) is 2. The van der Waals surface area contributed by atoms with Gasteiger partial charge in [0, 0.05) is 32.9 Å². The van der Waals surface area contributed by atoms with Crippen LogP contribution in [0.2, 0.25) is 0 Å². The predicted molar refractivity (Wildman–Crippen MR) is 101 cm³/mol. The fourth-order valence-electron chi connectivity index (χ4n) is 3.30. The van der Waals surface area contributed by atoms with Crippen LogP contribution in [0.15, 0.2) is 17.2 Å². The number of aryl methyl sites for hydroxylation is 1. The SMILES string of the molecule is CC(C)CC(CNC(=O)c1cc(S(=O)(=O)N2CCCCC2)cn1C)C(=O)O. The van der Waals surface area contributed by atoms with Crippen LogP contribution < -0.4 is 5.32 Å². The quantitative estimate of drug-likeness (QED) is 0.691. The average molecular weight is 400 g/mol. The number of carbonyl (C=O) groups excluding carboxylic acids is 1. The van der Waals surface area contributed by atoms with E-state index in [2.05, 4.69) is 5.32 Å². The van der Waals surface area contributed by atoms with Crippen molar-refractivity contribution in [2.75, 3.05) is 19.6 Å². The fourth-order valence-corrected chi connectivity index (χ4v) is 4.89. The maximum absolute atomic E-state index is 12.8. The van der Waals surface area contributed by atoms with Gasteiger partial charge in [-0.1, -0.05) is 20.3 Å². The molecule has 1 unspecified atom stereocenters. The van der Waals surface area contributed by atoms with Gasteiger partial charge in [0.2, 0.25) is 10.0 Å². The Kier molecular flexibility index (Phi) is 7.05. The molecule has 1 fully saturated rings. The third kappa shape index (κ3) is 5.32. The van der Waals surface area contributed by atoms with Crippen LogP contribution in [0.25, 0.3) is 0 Å². The van der Waals surface area contributed by atoms with Crippen LogP contribution in [0.3, 0.4) is 0 Å². The van der Waals surface area contributed by atoms with E-state index in [1.807, 2.05) is 13.8 Å². The number of hydrogen-bond acceptors (Lipinski definition) is 4. The van der Waals surface area contributed by atoms with Gasteiger partial charge < -0.3 is 15.0 Å². The number of carboxylic acids is 1. The Morgan fingerprint density at radius 3 is 2.41 bits per heavy atom.